The zero-order chi connectivity index (χ0) is 20.3. The highest BCUT2D eigenvalue weighted by Gasteiger charge is 2.40. The Morgan fingerprint density at radius 2 is 2.03 bits per heavy atom. The number of hydrogen-bond donors (Lipinski definition) is 1. The highest BCUT2D eigenvalue weighted by atomic mass is 16.3. The fourth-order valence-electron chi connectivity index (χ4n) is 5.41. The van der Waals surface area contributed by atoms with Gasteiger partial charge in [-0.1, -0.05) is 6.07 Å². The molecule has 4 aliphatic rings. The van der Waals surface area contributed by atoms with Crippen LogP contribution in [0.1, 0.15) is 23.4 Å². The summed E-state index contributed by atoms with van der Waals surface area (Å²) in [5.74, 6) is 2.91. The number of piperazine rings is 1. The lowest BCUT2D eigenvalue weighted by molar-refractivity contribution is -0.0121. The van der Waals surface area contributed by atoms with Gasteiger partial charge in [-0.15, -0.1) is 0 Å². The number of rotatable bonds is 6. The van der Waals surface area contributed by atoms with Crippen LogP contribution in [0.2, 0.25) is 0 Å². The van der Waals surface area contributed by atoms with Crippen molar-refractivity contribution in [2.45, 2.75) is 18.9 Å². The van der Waals surface area contributed by atoms with Gasteiger partial charge in [0, 0.05) is 58.1 Å². The van der Waals surface area contributed by atoms with Crippen molar-refractivity contribution in [3.8, 4) is 0 Å². The van der Waals surface area contributed by atoms with Crippen molar-refractivity contribution >= 4 is 11.7 Å². The summed E-state index contributed by atoms with van der Waals surface area (Å²) in [5.41, 5.74) is 0. The third-order valence-electron chi connectivity index (χ3n) is 7.10. The molecule has 6 heterocycles. The van der Waals surface area contributed by atoms with Gasteiger partial charge >= 0.3 is 0 Å². The Hall–Kier alpha value is -2.38. The molecule has 0 aromatic carbocycles. The largest absolute Gasteiger partial charge is 0.459 e. The van der Waals surface area contributed by atoms with Crippen molar-refractivity contribution in [1.82, 2.24) is 20.1 Å². The summed E-state index contributed by atoms with van der Waals surface area (Å²) in [7, 11) is 0. The SMILES string of the molecule is O=C(NCC1CC2CCN1CC2CN1CCN(c2ccccn2)CC1)c1ccco1. The molecule has 30 heavy (non-hydrogen) atoms. The molecule has 160 valence electrons. The molecule has 4 unspecified atom stereocenters. The zero-order valence-electron chi connectivity index (χ0n) is 17.4. The first kappa shape index (κ1) is 19.6. The number of nitrogens with zero attached hydrogens (tertiary/aromatic N) is 4. The van der Waals surface area contributed by atoms with Crippen molar-refractivity contribution in [3.63, 3.8) is 0 Å². The molecule has 0 spiro atoms. The number of pyridine rings is 1. The minimum Gasteiger partial charge on any atom is -0.459 e. The lowest BCUT2D eigenvalue weighted by Crippen LogP contribution is -2.59. The van der Waals surface area contributed by atoms with Gasteiger partial charge in [0.05, 0.1) is 6.26 Å². The van der Waals surface area contributed by atoms with E-state index in [0.29, 0.717) is 18.3 Å². The summed E-state index contributed by atoms with van der Waals surface area (Å²) in [4.78, 5) is 24.3. The van der Waals surface area contributed by atoms with E-state index in [1.54, 1.807) is 18.4 Å². The van der Waals surface area contributed by atoms with Crippen LogP contribution in [-0.2, 0) is 0 Å². The lowest BCUT2D eigenvalue weighted by atomic mass is 9.75. The number of hydrogen-bond acceptors (Lipinski definition) is 6. The number of amides is 1. The van der Waals surface area contributed by atoms with Crippen molar-refractivity contribution in [2.75, 3.05) is 57.3 Å². The van der Waals surface area contributed by atoms with Crippen molar-refractivity contribution < 1.29 is 9.21 Å². The van der Waals surface area contributed by atoms with E-state index < -0.39 is 0 Å². The summed E-state index contributed by atoms with van der Waals surface area (Å²) in [6, 6.07) is 10.1. The average molecular weight is 410 g/mol. The van der Waals surface area contributed by atoms with Gasteiger partial charge in [0.25, 0.3) is 5.91 Å². The van der Waals surface area contributed by atoms with Crippen LogP contribution in [0.15, 0.2) is 47.2 Å². The molecule has 2 aromatic rings. The van der Waals surface area contributed by atoms with Crippen LogP contribution >= 0.6 is 0 Å². The minimum absolute atomic E-state index is 0.107. The summed E-state index contributed by atoms with van der Waals surface area (Å²) in [6.45, 7) is 8.57. The summed E-state index contributed by atoms with van der Waals surface area (Å²) in [6.07, 6.45) is 5.91. The number of nitrogens with one attached hydrogen (secondary N) is 1. The monoisotopic (exact) mass is 409 g/mol. The van der Waals surface area contributed by atoms with Crippen LogP contribution in [0.5, 0.6) is 0 Å². The maximum Gasteiger partial charge on any atom is 0.287 e. The van der Waals surface area contributed by atoms with Gasteiger partial charge in [-0.25, -0.2) is 4.98 Å². The quantitative estimate of drug-likeness (QED) is 0.787. The molecule has 1 N–H and O–H groups in total. The molecule has 7 nitrogen and oxygen atoms in total. The summed E-state index contributed by atoms with van der Waals surface area (Å²) < 4.78 is 5.20. The Morgan fingerprint density at radius 1 is 1.13 bits per heavy atom. The van der Waals surface area contributed by atoms with Crippen LogP contribution in [0.3, 0.4) is 0 Å². The number of piperidine rings is 3. The first-order valence-electron chi connectivity index (χ1n) is 11.2. The van der Waals surface area contributed by atoms with E-state index in [0.717, 1.165) is 56.9 Å². The van der Waals surface area contributed by atoms with Gasteiger partial charge in [-0.2, -0.15) is 0 Å². The lowest BCUT2D eigenvalue weighted by Gasteiger charge is -2.51. The van der Waals surface area contributed by atoms with Gasteiger partial charge < -0.3 is 14.6 Å². The van der Waals surface area contributed by atoms with Crippen LogP contribution in [-0.4, -0.2) is 79.1 Å². The molecule has 1 amide bonds. The van der Waals surface area contributed by atoms with E-state index in [1.165, 1.54) is 19.4 Å². The molecule has 4 saturated heterocycles. The van der Waals surface area contributed by atoms with E-state index in [4.69, 9.17) is 4.42 Å². The topological polar surface area (TPSA) is 64.9 Å². The molecular formula is C23H31N5O2. The molecular weight excluding hydrogens is 378 g/mol. The second kappa shape index (κ2) is 8.78. The zero-order valence-corrected chi connectivity index (χ0v) is 17.4. The van der Waals surface area contributed by atoms with E-state index in [1.807, 2.05) is 12.3 Å². The third kappa shape index (κ3) is 4.23. The normalized spacial score (nSPS) is 29.1. The van der Waals surface area contributed by atoms with Crippen LogP contribution in [0.4, 0.5) is 5.82 Å². The molecule has 7 heteroatoms. The number of carbonyl (C=O) groups is 1. The number of aromatic nitrogens is 1. The van der Waals surface area contributed by atoms with Crippen molar-refractivity contribution in [3.05, 3.63) is 48.6 Å². The van der Waals surface area contributed by atoms with Gasteiger partial charge in [-0.3, -0.25) is 14.6 Å². The van der Waals surface area contributed by atoms with Gasteiger partial charge in [-0.05, 0) is 55.5 Å². The second-order valence-corrected chi connectivity index (χ2v) is 8.86. The maximum atomic E-state index is 12.2. The fraction of sp³-hybridized carbons (Fsp3) is 0.565. The van der Waals surface area contributed by atoms with Crippen LogP contribution in [0.25, 0.3) is 0 Å². The van der Waals surface area contributed by atoms with E-state index in [9.17, 15) is 4.79 Å². The number of carbonyl (C=O) groups excluding carboxylic acids is 1. The predicted octanol–water partition coefficient (Wildman–Crippen LogP) is 1.94. The molecule has 4 atom stereocenters. The number of anilines is 1. The standard InChI is InChI=1S/C23H31N5O2/c29-23(21-4-3-13-30-21)25-15-20-14-18-6-8-28(20)17-19(18)16-26-9-11-27(12-10-26)22-5-1-2-7-24-22/h1-5,7,13,18-20H,6,8-12,14-17H2,(H,25,29). The molecule has 4 fully saturated rings. The molecule has 0 radical (unpaired) electrons. The predicted molar refractivity (Wildman–Crippen MR) is 116 cm³/mol. The van der Waals surface area contributed by atoms with Gasteiger partial charge in [0.15, 0.2) is 5.76 Å². The molecule has 0 aliphatic carbocycles. The molecule has 2 bridgehead atoms. The van der Waals surface area contributed by atoms with Gasteiger partial charge in [0.2, 0.25) is 0 Å². The Balaban J connectivity index is 1.09. The van der Waals surface area contributed by atoms with Crippen molar-refractivity contribution in [1.29, 1.82) is 0 Å². The number of furan rings is 1. The summed E-state index contributed by atoms with van der Waals surface area (Å²) >= 11 is 0. The van der Waals surface area contributed by atoms with Crippen LogP contribution < -0.4 is 10.2 Å². The Kier molecular flexibility index (Phi) is 5.73. The molecule has 0 saturated carbocycles. The molecule has 2 aromatic heterocycles. The van der Waals surface area contributed by atoms with Crippen LogP contribution in [0, 0.1) is 11.8 Å². The molecule has 6 rings (SSSR count). The Bertz CT molecular complexity index is 819. The Labute approximate surface area is 178 Å². The average Bonchev–Trinajstić information content (AvgIpc) is 3.34. The smallest absolute Gasteiger partial charge is 0.287 e. The third-order valence-corrected chi connectivity index (χ3v) is 7.10. The summed E-state index contributed by atoms with van der Waals surface area (Å²) in [5, 5.41) is 3.06. The maximum absolute atomic E-state index is 12.2. The van der Waals surface area contributed by atoms with E-state index in [2.05, 4.69) is 37.1 Å². The van der Waals surface area contributed by atoms with Crippen molar-refractivity contribution in [2.24, 2.45) is 11.8 Å². The highest BCUT2D eigenvalue weighted by molar-refractivity contribution is 5.91. The number of fused-ring (bicyclic) bond motifs is 3. The van der Waals surface area contributed by atoms with Gasteiger partial charge in [0.1, 0.15) is 5.82 Å². The first-order valence-corrected chi connectivity index (χ1v) is 11.2. The molecule has 4 aliphatic heterocycles. The second-order valence-electron chi connectivity index (χ2n) is 8.86. The Morgan fingerprint density at radius 3 is 2.73 bits per heavy atom. The van der Waals surface area contributed by atoms with E-state index >= 15 is 0 Å². The fourth-order valence-corrected chi connectivity index (χ4v) is 5.41. The minimum atomic E-state index is -0.107. The van der Waals surface area contributed by atoms with E-state index in [-0.39, 0.29) is 5.91 Å². The first-order chi connectivity index (χ1) is 14.8. The highest BCUT2D eigenvalue weighted by Crippen LogP contribution is 2.36.